The number of hydrogen-bond donors (Lipinski definition) is 2. The Morgan fingerprint density at radius 3 is 2.45 bits per heavy atom. The van der Waals surface area contributed by atoms with Gasteiger partial charge in [0.15, 0.2) is 0 Å². The lowest BCUT2D eigenvalue weighted by Crippen LogP contribution is -2.42. The SMILES string of the molecule is O=C(Oc1ccc(Cl)cc1)N1CCc2c([nH]c3ccc(Cl)cc23)[C@@H]1c1ccc(O)cc1. The van der Waals surface area contributed by atoms with Crippen LogP contribution in [0.4, 0.5) is 4.79 Å². The number of carbonyl (C=O) groups excluding carboxylic acids is 1. The molecule has 1 amide bonds. The highest BCUT2D eigenvalue weighted by Crippen LogP contribution is 2.39. The molecule has 0 radical (unpaired) electrons. The summed E-state index contributed by atoms with van der Waals surface area (Å²) in [5.41, 5.74) is 3.88. The monoisotopic (exact) mass is 452 g/mol. The molecular weight excluding hydrogens is 435 g/mol. The fraction of sp³-hybridized carbons (Fsp3) is 0.125. The molecule has 0 bridgehead atoms. The van der Waals surface area contributed by atoms with Crippen LogP contribution in [0.1, 0.15) is 22.9 Å². The van der Waals surface area contributed by atoms with Gasteiger partial charge >= 0.3 is 6.09 Å². The third-order valence-corrected chi connectivity index (χ3v) is 6.04. The number of aromatic amines is 1. The van der Waals surface area contributed by atoms with Crippen molar-refractivity contribution in [2.75, 3.05) is 6.54 Å². The van der Waals surface area contributed by atoms with E-state index in [0.717, 1.165) is 27.7 Å². The van der Waals surface area contributed by atoms with Crippen molar-refractivity contribution in [2.45, 2.75) is 12.5 Å². The molecule has 0 saturated heterocycles. The molecule has 2 N–H and O–H groups in total. The minimum atomic E-state index is -0.456. The van der Waals surface area contributed by atoms with Gasteiger partial charge in [0.2, 0.25) is 0 Å². The van der Waals surface area contributed by atoms with E-state index < -0.39 is 12.1 Å². The molecule has 1 aromatic heterocycles. The number of phenolic OH excluding ortho intramolecular Hbond substituents is 1. The number of hydrogen-bond acceptors (Lipinski definition) is 3. The van der Waals surface area contributed by atoms with Crippen molar-refractivity contribution >= 4 is 40.2 Å². The number of aromatic nitrogens is 1. The van der Waals surface area contributed by atoms with E-state index in [2.05, 4.69) is 4.98 Å². The van der Waals surface area contributed by atoms with Gasteiger partial charge in [-0.15, -0.1) is 0 Å². The molecule has 0 saturated carbocycles. The van der Waals surface area contributed by atoms with E-state index in [1.807, 2.05) is 30.3 Å². The molecule has 2 heterocycles. The summed E-state index contributed by atoms with van der Waals surface area (Å²) in [5.74, 6) is 0.589. The van der Waals surface area contributed by atoms with Crippen molar-refractivity contribution < 1.29 is 14.6 Å². The number of nitrogens with one attached hydrogen (secondary N) is 1. The minimum absolute atomic E-state index is 0.165. The summed E-state index contributed by atoms with van der Waals surface area (Å²) in [6.45, 7) is 0.477. The van der Waals surface area contributed by atoms with Gasteiger partial charge < -0.3 is 14.8 Å². The summed E-state index contributed by atoms with van der Waals surface area (Å²) in [6, 6.07) is 18.9. The Labute approximate surface area is 188 Å². The number of rotatable bonds is 2. The van der Waals surface area contributed by atoms with Gasteiger partial charge in [-0.1, -0.05) is 35.3 Å². The van der Waals surface area contributed by atoms with Crippen LogP contribution in [0.3, 0.4) is 0 Å². The van der Waals surface area contributed by atoms with Crippen molar-refractivity contribution in [2.24, 2.45) is 0 Å². The van der Waals surface area contributed by atoms with Crippen LogP contribution in [0.25, 0.3) is 10.9 Å². The first-order chi connectivity index (χ1) is 15.0. The summed E-state index contributed by atoms with van der Waals surface area (Å²) in [7, 11) is 0. The Morgan fingerprint density at radius 2 is 1.71 bits per heavy atom. The highest BCUT2D eigenvalue weighted by Gasteiger charge is 2.35. The number of fused-ring (bicyclic) bond motifs is 3. The van der Waals surface area contributed by atoms with Crippen molar-refractivity contribution in [3.05, 3.63) is 93.6 Å². The minimum Gasteiger partial charge on any atom is -0.508 e. The number of H-pyrrole nitrogens is 1. The Balaban J connectivity index is 1.58. The summed E-state index contributed by atoms with van der Waals surface area (Å²) in [5, 5.41) is 12.0. The van der Waals surface area contributed by atoms with Gasteiger partial charge in [-0.2, -0.15) is 0 Å². The smallest absolute Gasteiger partial charge is 0.416 e. The van der Waals surface area contributed by atoms with Crippen LogP contribution in [0, 0.1) is 0 Å². The number of ether oxygens (including phenoxy) is 1. The Morgan fingerprint density at radius 1 is 1.00 bits per heavy atom. The quantitative estimate of drug-likeness (QED) is 0.373. The second kappa shape index (κ2) is 7.84. The van der Waals surface area contributed by atoms with E-state index in [4.69, 9.17) is 27.9 Å². The lowest BCUT2D eigenvalue weighted by molar-refractivity contribution is 0.135. The van der Waals surface area contributed by atoms with Gasteiger partial charge in [0.1, 0.15) is 17.5 Å². The zero-order valence-electron chi connectivity index (χ0n) is 16.3. The predicted molar refractivity (Wildman–Crippen MR) is 121 cm³/mol. The largest absolute Gasteiger partial charge is 0.508 e. The van der Waals surface area contributed by atoms with Crippen molar-refractivity contribution in [3.8, 4) is 11.5 Å². The molecule has 31 heavy (non-hydrogen) atoms. The zero-order valence-corrected chi connectivity index (χ0v) is 17.8. The Hall–Kier alpha value is -3.15. The van der Waals surface area contributed by atoms with Crippen LogP contribution in [0.5, 0.6) is 11.5 Å². The Kier molecular flexibility index (Phi) is 5.00. The molecule has 3 aromatic carbocycles. The fourth-order valence-corrected chi connectivity index (χ4v) is 4.42. The van der Waals surface area contributed by atoms with E-state index in [0.29, 0.717) is 28.8 Å². The van der Waals surface area contributed by atoms with Crippen LogP contribution >= 0.6 is 23.2 Å². The second-order valence-corrected chi connectivity index (χ2v) is 8.34. The second-order valence-electron chi connectivity index (χ2n) is 7.47. The standard InChI is InChI=1S/C24H18Cl2N2O3/c25-15-3-8-18(9-4-15)31-24(30)28-12-11-19-20-13-16(26)5-10-21(20)27-22(19)23(28)14-1-6-17(29)7-2-14/h1-10,13,23,27,29H,11-12H2/t23-/m0/s1. The van der Waals surface area contributed by atoms with Gasteiger partial charge in [-0.25, -0.2) is 4.79 Å². The zero-order chi connectivity index (χ0) is 21.5. The summed E-state index contributed by atoms with van der Waals surface area (Å²) < 4.78 is 5.64. The maximum absolute atomic E-state index is 13.2. The van der Waals surface area contributed by atoms with E-state index in [1.165, 1.54) is 0 Å². The Bertz CT molecular complexity index is 1270. The molecule has 5 nitrogen and oxygen atoms in total. The molecule has 5 rings (SSSR count). The molecule has 1 atom stereocenters. The molecular formula is C24H18Cl2N2O3. The van der Waals surface area contributed by atoms with Crippen LogP contribution in [0.2, 0.25) is 10.0 Å². The lowest BCUT2D eigenvalue weighted by atomic mass is 9.92. The molecule has 0 fully saturated rings. The van der Waals surface area contributed by atoms with Crippen LogP contribution in [0.15, 0.2) is 66.7 Å². The summed E-state index contributed by atoms with van der Waals surface area (Å²) in [6.07, 6.45) is 0.211. The average Bonchev–Trinajstić information content (AvgIpc) is 3.13. The van der Waals surface area contributed by atoms with Gasteiger partial charge in [0, 0.05) is 33.2 Å². The van der Waals surface area contributed by atoms with Gasteiger partial charge in [-0.3, -0.25) is 4.90 Å². The maximum Gasteiger partial charge on any atom is 0.416 e. The molecule has 7 heteroatoms. The molecule has 156 valence electrons. The fourth-order valence-electron chi connectivity index (χ4n) is 4.12. The van der Waals surface area contributed by atoms with Crippen molar-refractivity contribution in [1.82, 2.24) is 9.88 Å². The highest BCUT2D eigenvalue weighted by atomic mass is 35.5. The van der Waals surface area contributed by atoms with E-state index in [9.17, 15) is 9.90 Å². The van der Waals surface area contributed by atoms with Crippen molar-refractivity contribution in [3.63, 3.8) is 0 Å². The van der Waals surface area contributed by atoms with E-state index >= 15 is 0 Å². The third kappa shape index (κ3) is 3.71. The van der Waals surface area contributed by atoms with Crippen LogP contribution in [-0.4, -0.2) is 27.6 Å². The molecule has 1 aliphatic rings. The van der Waals surface area contributed by atoms with Crippen molar-refractivity contribution in [1.29, 1.82) is 0 Å². The molecule has 4 aromatic rings. The number of carbonyl (C=O) groups is 1. The van der Waals surface area contributed by atoms with Crippen LogP contribution in [-0.2, 0) is 6.42 Å². The number of benzene rings is 3. The molecule has 0 aliphatic carbocycles. The molecule has 0 unspecified atom stereocenters. The van der Waals surface area contributed by atoms with Gasteiger partial charge in [0.25, 0.3) is 0 Å². The number of nitrogens with zero attached hydrogens (tertiary/aromatic N) is 1. The molecule has 1 aliphatic heterocycles. The van der Waals surface area contributed by atoms with E-state index in [1.54, 1.807) is 41.3 Å². The predicted octanol–water partition coefficient (Wildman–Crippen LogP) is 6.33. The number of halogens is 2. The first kappa shape index (κ1) is 19.8. The lowest BCUT2D eigenvalue weighted by Gasteiger charge is -2.35. The van der Waals surface area contributed by atoms with Gasteiger partial charge in [0.05, 0.1) is 0 Å². The average molecular weight is 453 g/mol. The first-order valence-electron chi connectivity index (χ1n) is 9.82. The normalized spacial score (nSPS) is 15.7. The van der Waals surface area contributed by atoms with E-state index in [-0.39, 0.29) is 5.75 Å². The highest BCUT2D eigenvalue weighted by molar-refractivity contribution is 6.31. The third-order valence-electron chi connectivity index (χ3n) is 5.55. The summed E-state index contributed by atoms with van der Waals surface area (Å²) in [4.78, 5) is 18.3. The number of phenols is 1. The number of aromatic hydroxyl groups is 1. The maximum atomic E-state index is 13.2. The van der Waals surface area contributed by atoms with Crippen LogP contribution < -0.4 is 4.74 Å². The molecule has 0 spiro atoms. The number of amides is 1. The van der Waals surface area contributed by atoms with Gasteiger partial charge in [-0.05, 0) is 72.1 Å². The first-order valence-corrected chi connectivity index (χ1v) is 10.6. The summed E-state index contributed by atoms with van der Waals surface area (Å²) >= 11 is 12.2. The topological polar surface area (TPSA) is 65.6 Å².